The van der Waals surface area contributed by atoms with Gasteiger partial charge in [-0.05, 0) is 56.2 Å². The minimum atomic E-state index is -0.994. The number of nitrogens with zero attached hydrogens (tertiary/aromatic N) is 4. The zero-order valence-electron chi connectivity index (χ0n) is 30.1. The molecule has 0 aromatic heterocycles. The molecule has 0 saturated heterocycles. The van der Waals surface area contributed by atoms with Gasteiger partial charge in [0.2, 0.25) is 5.91 Å². The van der Waals surface area contributed by atoms with Crippen LogP contribution in [0.2, 0.25) is 0 Å². The third-order valence-electron chi connectivity index (χ3n) is 10.2. The fourth-order valence-corrected chi connectivity index (χ4v) is 7.44. The number of hydrogen-bond donors (Lipinski definition) is 4. The Balaban J connectivity index is 1.17. The van der Waals surface area contributed by atoms with Crippen molar-refractivity contribution >= 4 is 52.6 Å². The molecule has 4 N–H and O–H groups in total. The topological polar surface area (TPSA) is 264 Å². The Bertz CT molecular complexity index is 2660. The van der Waals surface area contributed by atoms with Crippen molar-refractivity contribution in [2.24, 2.45) is 16.2 Å². The van der Waals surface area contributed by atoms with Gasteiger partial charge >= 0.3 is 0 Å². The second-order valence-electron chi connectivity index (χ2n) is 13.5. The van der Waals surface area contributed by atoms with Crippen LogP contribution in [0.1, 0.15) is 66.4 Å². The molecule has 18 nitrogen and oxygen atoms in total. The Morgan fingerprint density at radius 3 is 2.41 bits per heavy atom. The first-order chi connectivity index (χ1) is 26.9. The van der Waals surface area contributed by atoms with Crippen LogP contribution in [0.4, 0.5) is 11.4 Å². The fraction of sp³-hybridized carbons (Fsp3) is 0.342. The number of rotatable bonds is 13. The number of aliphatic hydroxyl groups excluding tert-OH is 1. The number of aliphatic hydroxyl groups is 1. The van der Waals surface area contributed by atoms with E-state index < -0.39 is 62.0 Å². The van der Waals surface area contributed by atoms with Crippen LogP contribution in [0.3, 0.4) is 0 Å². The molecule has 1 aromatic carbocycles. The third-order valence-corrected chi connectivity index (χ3v) is 10.2. The van der Waals surface area contributed by atoms with E-state index in [9.17, 15) is 54.0 Å². The lowest BCUT2D eigenvalue weighted by atomic mass is 9.80. The van der Waals surface area contributed by atoms with Crippen LogP contribution in [0, 0.1) is 26.5 Å². The monoisotopic (exact) mass is 768 g/mol. The maximum absolute atomic E-state index is 13.9. The average Bonchev–Trinajstić information content (AvgIpc) is 3.52. The summed E-state index contributed by atoms with van der Waals surface area (Å²) in [5, 5.41) is 41.3. The van der Waals surface area contributed by atoms with Gasteiger partial charge in [-0.1, -0.05) is 17.7 Å². The van der Waals surface area contributed by atoms with Gasteiger partial charge in [0, 0.05) is 60.0 Å². The van der Waals surface area contributed by atoms with E-state index in [1.165, 1.54) is 25.3 Å². The molecule has 1 aliphatic heterocycles. The van der Waals surface area contributed by atoms with E-state index in [0.29, 0.717) is 37.9 Å². The summed E-state index contributed by atoms with van der Waals surface area (Å²) in [6, 6.07) is 3.45. The summed E-state index contributed by atoms with van der Waals surface area (Å²) in [4.78, 5) is 102. The highest BCUT2D eigenvalue weighted by molar-refractivity contribution is 6.12. The number of hydrogen-bond acceptors (Lipinski definition) is 14. The number of unbranched alkanes of at least 4 members (excludes halogenated alkanes) is 2. The van der Waals surface area contributed by atoms with Gasteiger partial charge in [0.15, 0.2) is 16.3 Å². The Kier molecular flexibility index (Phi) is 11.4. The molecule has 1 aromatic rings. The van der Waals surface area contributed by atoms with Gasteiger partial charge in [0.1, 0.15) is 16.7 Å². The van der Waals surface area contributed by atoms with E-state index in [2.05, 4.69) is 21.0 Å². The molecule has 1 heterocycles. The van der Waals surface area contributed by atoms with E-state index in [1.54, 1.807) is 6.08 Å². The summed E-state index contributed by atoms with van der Waals surface area (Å²) in [5.41, 5.74) is -0.416. The SMILES string of the molecule is COC1=c2c(=O)c3c(=NO)c4c(c(=O)c=3c(=O)c2=CCC1)CC(/C(CO)=N/NC(=O)c1ccc(NC(=O)CCCCCN2C(=O)C=CC2=O)cc1[N+](=O)[O-])CC4. The number of methoxy groups -OCH3 is 1. The molecule has 1 atom stereocenters. The molecule has 0 saturated carbocycles. The van der Waals surface area contributed by atoms with Crippen molar-refractivity contribution < 1.29 is 39.2 Å². The molecule has 0 radical (unpaired) electrons. The highest BCUT2D eigenvalue weighted by atomic mass is 16.6. The second-order valence-corrected chi connectivity index (χ2v) is 13.5. The number of carbonyl (C=O) groups is 4. The minimum absolute atomic E-state index is 0.0257. The summed E-state index contributed by atoms with van der Waals surface area (Å²) >= 11 is 0. The van der Waals surface area contributed by atoms with Crippen molar-refractivity contribution in [2.75, 3.05) is 25.6 Å². The number of fused-ring (bicyclic) bond motifs is 2. The van der Waals surface area contributed by atoms with Crippen molar-refractivity contribution in [3.63, 3.8) is 0 Å². The summed E-state index contributed by atoms with van der Waals surface area (Å²) in [6.45, 7) is -0.446. The van der Waals surface area contributed by atoms with E-state index in [-0.39, 0.29) is 87.6 Å². The molecule has 0 spiro atoms. The lowest BCUT2D eigenvalue weighted by Crippen LogP contribution is -2.55. The molecular formula is C38H36N6O12. The van der Waals surface area contributed by atoms with Crippen LogP contribution in [0.25, 0.3) is 11.8 Å². The fourth-order valence-electron chi connectivity index (χ4n) is 7.44. The highest BCUT2D eigenvalue weighted by Crippen LogP contribution is 2.25. The van der Waals surface area contributed by atoms with Crippen LogP contribution in [-0.2, 0) is 32.0 Å². The van der Waals surface area contributed by atoms with Crippen molar-refractivity contribution in [2.45, 2.75) is 57.8 Å². The summed E-state index contributed by atoms with van der Waals surface area (Å²) in [6.07, 6.45) is 6.50. The number of benzene rings is 1. The molecule has 56 heavy (non-hydrogen) atoms. The summed E-state index contributed by atoms with van der Waals surface area (Å²) < 4.78 is 5.37. The second kappa shape index (κ2) is 16.4. The first-order valence-electron chi connectivity index (χ1n) is 17.8. The third kappa shape index (κ3) is 7.37. The normalized spacial score (nSPS) is 16.8. The van der Waals surface area contributed by atoms with E-state index in [4.69, 9.17) is 4.74 Å². The van der Waals surface area contributed by atoms with Crippen LogP contribution in [-0.4, -0.2) is 69.7 Å². The standard InChI is InChI=1S/C38H36N6O12/c1-56-27-7-5-6-23-31(27)37(51)32-33(35(23)49)36(50)24-16-19(9-11-21(24)34(32)42-53)25(18-45)40-41-38(52)22-12-10-20(17-26(22)44(54)55)39-28(46)8-3-2-4-15-43-29(47)13-14-30(43)48/h6,10,12-14,17,19,45,53H,2-5,7-9,11,15-16,18H2,1H3,(H,39,46)(H,41,52)/b40-25+,42-34?. The Morgan fingerprint density at radius 2 is 1.73 bits per heavy atom. The maximum atomic E-state index is 13.9. The van der Waals surface area contributed by atoms with Crippen molar-refractivity contribution in [1.82, 2.24) is 10.3 Å². The molecule has 1 unspecified atom stereocenters. The van der Waals surface area contributed by atoms with Gasteiger partial charge in [-0.25, -0.2) is 5.43 Å². The largest absolute Gasteiger partial charge is 0.500 e. The maximum Gasteiger partial charge on any atom is 0.284 e. The lowest BCUT2D eigenvalue weighted by Gasteiger charge is -2.24. The molecule has 290 valence electrons. The Hall–Kier alpha value is -6.69. The number of nitro groups is 1. The number of anilines is 1. The first-order valence-corrected chi connectivity index (χ1v) is 17.8. The summed E-state index contributed by atoms with van der Waals surface area (Å²) in [5.74, 6) is -2.56. The molecule has 18 heteroatoms. The quantitative estimate of drug-likeness (QED) is 0.0416. The van der Waals surface area contributed by atoms with Crippen molar-refractivity contribution in [3.05, 3.63) is 114 Å². The smallest absolute Gasteiger partial charge is 0.284 e. The van der Waals surface area contributed by atoms with Crippen LogP contribution in [0.15, 0.2) is 55.0 Å². The number of imide groups is 1. The van der Waals surface area contributed by atoms with E-state index in [1.807, 2.05) is 0 Å². The van der Waals surface area contributed by atoms with Gasteiger partial charge < -0.3 is 20.4 Å². The number of amides is 4. The Labute approximate surface area is 315 Å². The highest BCUT2D eigenvalue weighted by Gasteiger charge is 2.30. The molecule has 0 fully saturated rings. The van der Waals surface area contributed by atoms with Crippen LogP contribution in [0.5, 0.6) is 0 Å². The summed E-state index contributed by atoms with van der Waals surface area (Å²) in [7, 11) is 1.38. The number of hydrazone groups is 1. The Morgan fingerprint density at radius 1 is 0.982 bits per heavy atom. The molecule has 4 amide bonds. The zero-order chi connectivity index (χ0) is 40.3. The molecule has 5 aliphatic rings. The van der Waals surface area contributed by atoms with Crippen molar-refractivity contribution in [1.29, 1.82) is 0 Å². The molecule has 4 aliphatic carbocycles. The van der Waals surface area contributed by atoms with Gasteiger partial charge in [-0.3, -0.25) is 48.6 Å². The average molecular weight is 769 g/mol. The molecular weight excluding hydrogens is 732 g/mol. The lowest BCUT2D eigenvalue weighted by molar-refractivity contribution is -0.385. The van der Waals surface area contributed by atoms with Crippen LogP contribution < -0.4 is 42.8 Å². The number of ether oxygens (including phenoxy) is 1. The number of nitro benzene ring substituents is 1. The van der Waals surface area contributed by atoms with Gasteiger partial charge in [0.25, 0.3) is 23.4 Å². The number of carbonyl (C=O) groups excluding carboxylic acids is 4. The predicted molar refractivity (Wildman–Crippen MR) is 197 cm³/mol. The van der Waals surface area contributed by atoms with Crippen molar-refractivity contribution in [3.8, 4) is 0 Å². The van der Waals surface area contributed by atoms with Crippen LogP contribution >= 0.6 is 0 Å². The molecule has 6 rings (SSSR count). The van der Waals surface area contributed by atoms with Gasteiger partial charge in [-0.2, -0.15) is 5.10 Å². The molecule has 0 bridgehead atoms. The minimum Gasteiger partial charge on any atom is -0.500 e. The first kappa shape index (κ1) is 39.0. The van der Waals surface area contributed by atoms with E-state index >= 15 is 0 Å². The number of nitrogens with one attached hydrogen (secondary N) is 2. The van der Waals surface area contributed by atoms with Gasteiger partial charge in [-0.15, -0.1) is 0 Å². The predicted octanol–water partition coefficient (Wildman–Crippen LogP) is -0.798. The van der Waals surface area contributed by atoms with E-state index in [0.717, 1.165) is 17.0 Å². The van der Waals surface area contributed by atoms with Gasteiger partial charge in [0.05, 0.1) is 40.0 Å². The zero-order valence-corrected chi connectivity index (χ0v) is 30.1.